The number of carbonyl (C=O) groups is 3. The first-order valence-corrected chi connectivity index (χ1v) is 9.27. The molecule has 2 aromatic carbocycles. The van der Waals surface area contributed by atoms with E-state index in [0.717, 1.165) is 20.6 Å². The molecule has 1 saturated heterocycles. The van der Waals surface area contributed by atoms with Crippen LogP contribution in [0.5, 0.6) is 0 Å². The maximum absolute atomic E-state index is 12.7. The highest BCUT2D eigenvalue weighted by Crippen LogP contribution is 2.23. The van der Waals surface area contributed by atoms with E-state index in [1.807, 2.05) is 43.3 Å². The molecule has 7 heteroatoms. The van der Waals surface area contributed by atoms with Crippen LogP contribution in [-0.2, 0) is 9.59 Å². The fourth-order valence-electron chi connectivity index (χ4n) is 2.64. The number of barbiturate groups is 1. The summed E-state index contributed by atoms with van der Waals surface area (Å²) in [6.45, 7) is 0. The van der Waals surface area contributed by atoms with Crippen LogP contribution in [0, 0.1) is 0 Å². The predicted molar refractivity (Wildman–Crippen MR) is 113 cm³/mol. The topological polar surface area (TPSA) is 69.7 Å². The van der Waals surface area contributed by atoms with Crippen molar-refractivity contribution in [2.75, 3.05) is 23.9 Å². The monoisotopic (exact) mass is 439 g/mol. The van der Waals surface area contributed by atoms with Crippen molar-refractivity contribution in [2.45, 2.75) is 0 Å². The van der Waals surface area contributed by atoms with Crippen molar-refractivity contribution in [3.63, 3.8) is 0 Å². The number of rotatable bonds is 4. The summed E-state index contributed by atoms with van der Waals surface area (Å²) in [5.41, 5.74) is 2.27. The van der Waals surface area contributed by atoms with Crippen LogP contribution in [0.4, 0.5) is 16.2 Å². The first-order chi connectivity index (χ1) is 13.4. The van der Waals surface area contributed by atoms with Crippen LogP contribution in [0.25, 0.3) is 6.08 Å². The lowest BCUT2D eigenvalue weighted by atomic mass is 10.1. The van der Waals surface area contributed by atoms with Crippen molar-refractivity contribution in [3.8, 4) is 0 Å². The van der Waals surface area contributed by atoms with Gasteiger partial charge in [0.15, 0.2) is 0 Å². The number of nitrogens with one attached hydrogen (secondary N) is 1. The zero-order chi connectivity index (χ0) is 20.3. The van der Waals surface area contributed by atoms with E-state index in [4.69, 9.17) is 0 Å². The molecule has 1 N–H and O–H groups in total. The van der Waals surface area contributed by atoms with Gasteiger partial charge in [-0.3, -0.25) is 14.9 Å². The van der Waals surface area contributed by atoms with Crippen LogP contribution in [0.2, 0.25) is 0 Å². The van der Waals surface area contributed by atoms with Crippen LogP contribution in [0.15, 0.2) is 70.7 Å². The third kappa shape index (κ3) is 4.20. The van der Waals surface area contributed by atoms with E-state index < -0.39 is 17.8 Å². The minimum atomic E-state index is -0.766. The Morgan fingerprint density at radius 3 is 2.21 bits per heavy atom. The number of hydrogen-bond acceptors (Lipinski definition) is 4. The van der Waals surface area contributed by atoms with Gasteiger partial charge in [0.1, 0.15) is 5.57 Å². The minimum absolute atomic E-state index is 0.108. The van der Waals surface area contributed by atoms with Gasteiger partial charge in [-0.1, -0.05) is 40.2 Å². The molecule has 28 heavy (non-hydrogen) atoms. The number of imide groups is 2. The van der Waals surface area contributed by atoms with Gasteiger partial charge in [0, 0.05) is 24.3 Å². The first kappa shape index (κ1) is 19.6. The Labute approximate surface area is 171 Å². The largest absolute Gasteiger partial charge is 0.378 e. The van der Waals surface area contributed by atoms with E-state index in [-0.39, 0.29) is 5.57 Å². The second-order valence-corrected chi connectivity index (χ2v) is 7.22. The first-order valence-electron chi connectivity index (χ1n) is 8.48. The number of urea groups is 1. The van der Waals surface area contributed by atoms with Crippen molar-refractivity contribution in [1.29, 1.82) is 0 Å². The van der Waals surface area contributed by atoms with E-state index in [0.29, 0.717) is 5.69 Å². The van der Waals surface area contributed by atoms with Gasteiger partial charge in [0.2, 0.25) is 0 Å². The molecule has 0 atom stereocenters. The summed E-state index contributed by atoms with van der Waals surface area (Å²) in [4.78, 5) is 39.9. The van der Waals surface area contributed by atoms with Crippen LogP contribution in [0.1, 0.15) is 5.56 Å². The lowest BCUT2D eigenvalue weighted by Gasteiger charge is -2.26. The number of benzene rings is 2. The normalized spacial score (nSPS) is 16.0. The molecule has 142 valence electrons. The third-order valence-electron chi connectivity index (χ3n) is 4.15. The molecule has 0 spiro atoms. The predicted octanol–water partition coefficient (Wildman–Crippen LogP) is 3.74. The highest BCUT2D eigenvalue weighted by molar-refractivity contribution is 9.10. The summed E-state index contributed by atoms with van der Waals surface area (Å²) < 4.78 is 0.816. The second kappa shape index (κ2) is 8.22. The summed E-state index contributed by atoms with van der Waals surface area (Å²) in [5.74, 6) is -1.38. The SMILES string of the molecule is CN(C)c1ccc(/C=C/C=C2/C(=O)NC(=O)N(c3ccc(Br)cc3)C2=O)cc1. The number of hydrogen-bond donors (Lipinski definition) is 1. The van der Waals surface area contributed by atoms with E-state index in [9.17, 15) is 14.4 Å². The Balaban J connectivity index is 1.83. The van der Waals surface area contributed by atoms with E-state index in [1.165, 1.54) is 6.08 Å². The van der Waals surface area contributed by atoms with Crippen molar-refractivity contribution < 1.29 is 14.4 Å². The second-order valence-electron chi connectivity index (χ2n) is 6.30. The quantitative estimate of drug-likeness (QED) is 0.581. The molecule has 4 amide bonds. The van der Waals surface area contributed by atoms with Crippen LogP contribution in [-0.4, -0.2) is 31.9 Å². The maximum Gasteiger partial charge on any atom is 0.335 e. The smallest absolute Gasteiger partial charge is 0.335 e. The lowest BCUT2D eigenvalue weighted by Crippen LogP contribution is -2.54. The van der Waals surface area contributed by atoms with Gasteiger partial charge in [-0.25, -0.2) is 9.69 Å². The Kier molecular flexibility index (Phi) is 5.75. The zero-order valence-electron chi connectivity index (χ0n) is 15.3. The molecular formula is C21H18BrN3O3. The average Bonchev–Trinajstić information content (AvgIpc) is 2.66. The molecule has 3 rings (SSSR count). The van der Waals surface area contributed by atoms with Gasteiger partial charge in [0.05, 0.1) is 5.69 Å². The molecule has 6 nitrogen and oxygen atoms in total. The van der Waals surface area contributed by atoms with Gasteiger partial charge in [-0.15, -0.1) is 0 Å². The van der Waals surface area contributed by atoms with Gasteiger partial charge >= 0.3 is 6.03 Å². The Morgan fingerprint density at radius 1 is 0.964 bits per heavy atom. The highest BCUT2D eigenvalue weighted by Gasteiger charge is 2.36. The molecule has 0 radical (unpaired) electrons. The molecule has 0 aromatic heterocycles. The summed E-state index contributed by atoms with van der Waals surface area (Å²) >= 11 is 3.31. The average molecular weight is 440 g/mol. The van der Waals surface area contributed by atoms with Crippen molar-refractivity contribution >= 4 is 51.2 Å². The minimum Gasteiger partial charge on any atom is -0.378 e. The van der Waals surface area contributed by atoms with Crippen LogP contribution in [0.3, 0.4) is 0 Å². The van der Waals surface area contributed by atoms with Gasteiger partial charge in [0.25, 0.3) is 11.8 Å². The maximum atomic E-state index is 12.7. The number of carbonyl (C=O) groups excluding carboxylic acids is 3. The summed E-state index contributed by atoms with van der Waals surface area (Å²) in [6, 6.07) is 13.7. The standard InChI is InChI=1S/C21H18BrN3O3/c1-24(2)16-10-6-14(7-11-16)4-3-5-18-19(26)23-21(28)25(20(18)27)17-12-8-15(22)9-13-17/h3-13H,1-2H3,(H,23,26,28)/b4-3+,18-5-. The van der Waals surface area contributed by atoms with Crippen molar-refractivity contribution in [2.24, 2.45) is 0 Å². The van der Waals surface area contributed by atoms with Gasteiger partial charge in [-0.2, -0.15) is 0 Å². The van der Waals surface area contributed by atoms with Crippen molar-refractivity contribution in [3.05, 3.63) is 76.3 Å². The summed E-state index contributed by atoms with van der Waals surface area (Å²) in [6.07, 6.45) is 4.82. The zero-order valence-corrected chi connectivity index (χ0v) is 16.9. The Morgan fingerprint density at radius 2 is 1.61 bits per heavy atom. The molecule has 2 aromatic rings. The number of halogens is 1. The molecular weight excluding hydrogens is 422 g/mol. The molecule has 0 unspecified atom stereocenters. The summed E-state index contributed by atoms with van der Waals surface area (Å²) in [5, 5.41) is 2.20. The highest BCUT2D eigenvalue weighted by atomic mass is 79.9. The molecule has 1 heterocycles. The number of nitrogens with zero attached hydrogens (tertiary/aromatic N) is 2. The fraction of sp³-hybridized carbons (Fsp3) is 0.0952. The van der Waals surface area contributed by atoms with Crippen LogP contribution >= 0.6 is 15.9 Å². The molecule has 1 fully saturated rings. The van der Waals surface area contributed by atoms with Gasteiger partial charge in [-0.05, 0) is 48.0 Å². The Hall–Kier alpha value is -3.19. The molecule has 0 saturated carbocycles. The van der Waals surface area contributed by atoms with Crippen LogP contribution < -0.4 is 15.1 Å². The fourth-order valence-corrected chi connectivity index (χ4v) is 2.91. The lowest BCUT2D eigenvalue weighted by molar-refractivity contribution is -0.122. The third-order valence-corrected chi connectivity index (χ3v) is 4.68. The molecule has 0 bridgehead atoms. The number of amides is 4. The molecule has 1 aliphatic heterocycles. The van der Waals surface area contributed by atoms with E-state index in [2.05, 4.69) is 21.2 Å². The Bertz CT molecular complexity index is 977. The summed E-state index contributed by atoms with van der Waals surface area (Å²) in [7, 11) is 3.92. The van der Waals surface area contributed by atoms with Gasteiger partial charge < -0.3 is 4.90 Å². The van der Waals surface area contributed by atoms with E-state index in [1.54, 1.807) is 36.4 Å². The van der Waals surface area contributed by atoms with Crippen molar-refractivity contribution in [1.82, 2.24) is 5.32 Å². The van der Waals surface area contributed by atoms with E-state index >= 15 is 0 Å². The number of anilines is 2. The number of allylic oxidation sites excluding steroid dienone is 2. The molecule has 0 aliphatic carbocycles. The molecule has 1 aliphatic rings.